The number of aromatic nitrogens is 3. The van der Waals surface area contributed by atoms with Gasteiger partial charge >= 0.3 is 5.97 Å². The van der Waals surface area contributed by atoms with Gasteiger partial charge in [0.2, 0.25) is 0 Å². The van der Waals surface area contributed by atoms with Crippen molar-refractivity contribution in [1.29, 1.82) is 0 Å². The Labute approximate surface area is 199 Å². The van der Waals surface area contributed by atoms with Crippen LogP contribution >= 0.6 is 11.7 Å². The number of fused-ring (bicyclic) bond motifs is 3. The molecule has 0 atom stereocenters. The maximum Gasteiger partial charge on any atom is 0.353 e. The van der Waals surface area contributed by atoms with Gasteiger partial charge < -0.3 is 19.1 Å². The lowest BCUT2D eigenvalue weighted by atomic mass is 9.98. The second-order valence-corrected chi connectivity index (χ2v) is 8.76. The molecule has 8 heteroatoms. The molecular weight excluding hydrogens is 450 g/mol. The minimum Gasteiger partial charge on any atom is -0.494 e. The number of carbonyl (C=O) groups is 1. The van der Waals surface area contributed by atoms with Gasteiger partial charge in [-0.05, 0) is 66.1 Å². The summed E-state index contributed by atoms with van der Waals surface area (Å²) in [4.78, 5) is 12.7. The zero-order valence-corrected chi connectivity index (χ0v) is 19.3. The van der Waals surface area contributed by atoms with Crippen LogP contribution in [0.25, 0.3) is 33.1 Å². The van der Waals surface area contributed by atoms with E-state index in [1.807, 2.05) is 66.1 Å². The third-order valence-corrected chi connectivity index (χ3v) is 6.74. The fraction of sp³-hybridized carbons (Fsp3) is 0.192. The van der Waals surface area contributed by atoms with Crippen LogP contribution in [0.5, 0.6) is 11.5 Å². The molecule has 34 heavy (non-hydrogen) atoms. The molecule has 1 N–H and O–H groups in total. The van der Waals surface area contributed by atoms with E-state index in [-0.39, 0.29) is 5.69 Å². The Morgan fingerprint density at radius 2 is 2.00 bits per heavy atom. The molecule has 0 aliphatic carbocycles. The number of carboxylic acids is 1. The highest BCUT2D eigenvalue weighted by Gasteiger charge is 2.25. The third-order valence-electron chi connectivity index (χ3n) is 6.19. The molecule has 6 rings (SSSR count). The molecule has 170 valence electrons. The molecule has 7 nitrogen and oxygen atoms in total. The van der Waals surface area contributed by atoms with Crippen molar-refractivity contribution in [3.8, 4) is 22.6 Å². The predicted molar refractivity (Wildman–Crippen MR) is 131 cm³/mol. The van der Waals surface area contributed by atoms with Gasteiger partial charge in [-0.2, -0.15) is 8.75 Å². The minimum absolute atomic E-state index is 0.249. The van der Waals surface area contributed by atoms with Crippen molar-refractivity contribution in [3.05, 3.63) is 71.4 Å². The highest BCUT2D eigenvalue weighted by molar-refractivity contribution is 7.00. The molecule has 0 radical (unpaired) electrons. The van der Waals surface area contributed by atoms with Gasteiger partial charge in [0.15, 0.2) is 0 Å². The van der Waals surface area contributed by atoms with Gasteiger partial charge in [-0.15, -0.1) is 0 Å². The molecule has 1 aliphatic heterocycles. The summed E-state index contributed by atoms with van der Waals surface area (Å²) in [6, 6.07) is 17.6. The van der Waals surface area contributed by atoms with E-state index in [0.29, 0.717) is 31.1 Å². The van der Waals surface area contributed by atoms with Crippen LogP contribution in [0.15, 0.2) is 54.6 Å². The topological polar surface area (TPSA) is 86.5 Å². The molecule has 0 unspecified atom stereocenters. The first-order valence-electron chi connectivity index (χ1n) is 11.1. The van der Waals surface area contributed by atoms with Gasteiger partial charge in [0.25, 0.3) is 0 Å². The zero-order valence-electron chi connectivity index (χ0n) is 18.4. The number of aromatic carboxylic acids is 1. The summed E-state index contributed by atoms with van der Waals surface area (Å²) in [5.41, 5.74) is 6.34. The van der Waals surface area contributed by atoms with Crippen molar-refractivity contribution in [3.63, 3.8) is 0 Å². The Kier molecular flexibility index (Phi) is 4.95. The molecular formula is C26H21N3O4S. The van der Waals surface area contributed by atoms with Gasteiger partial charge in [0.05, 0.1) is 24.9 Å². The van der Waals surface area contributed by atoms with Crippen LogP contribution in [0.1, 0.15) is 28.5 Å². The maximum atomic E-state index is 12.7. The molecule has 0 spiro atoms. The Morgan fingerprint density at radius 1 is 1.12 bits per heavy atom. The van der Waals surface area contributed by atoms with Crippen LogP contribution in [-0.2, 0) is 13.0 Å². The van der Waals surface area contributed by atoms with Crippen LogP contribution in [0.3, 0.4) is 0 Å². The summed E-state index contributed by atoms with van der Waals surface area (Å²) in [7, 11) is 0. The van der Waals surface area contributed by atoms with E-state index in [0.717, 1.165) is 50.8 Å². The smallest absolute Gasteiger partial charge is 0.353 e. The second kappa shape index (κ2) is 8.14. The van der Waals surface area contributed by atoms with E-state index in [9.17, 15) is 9.90 Å². The van der Waals surface area contributed by atoms with Gasteiger partial charge in [-0.3, -0.25) is 0 Å². The fourth-order valence-electron chi connectivity index (χ4n) is 4.72. The molecule has 0 saturated heterocycles. The minimum atomic E-state index is -0.975. The molecule has 0 saturated carbocycles. The van der Waals surface area contributed by atoms with Crippen LogP contribution < -0.4 is 9.47 Å². The molecule has 2 aromatic heterocycles. The average Bonchev–Trinajstić information content (AvgIpc) is 3.56. The number of carboxylic acid groups (broad SMARTS) is 1. The van der Waals surface area contributed by atoms with Crippen LogP contribution in [0, 0.1) is 0 Å². The van der Waals surface area contributed by atoms with Gasteiger partial charge in [-0.1, -0.05) is 12.1 Å². The number of benzene rings is 3. The SMILES string of the molecule is CCOc1ccc2c(c1)c(-c1ccc3c(c1)CCO3)c(C(=O)O)n2Cc1ccc2nsnc2c1. The van der Waals surface area contributed by atoms with Gasteiger partial charge in [0.1, 0.15) is 28.2 Å². The lowest BCUT2D eigenvalue weighted by molar-refractivity contribution is 0.0687. The summed E-state index contributed by atoms with van der Waals surface area (Å²) in [5, 5.41) is 11.2. The van der Waals surface area contributed by atoms with E-state index in [4.69, 9.17) is 9.47 Å². The summed E-state index contributed by atoms with van der Waals surface area (Å²) in [6.07, 6.45) is 0.816. The maximum absolute atomic E-state index is 12.7. The molecule has 3 heterocycles. The number of nitrogens with zero attached hydrogens (tertiary/aromatic N) is 3. The molecule has 1 aliphatic rings. The Bertz CT molecular complexity index is 1570. The molecule has 0 bridgehead atoms. The average molecular weight is 472 g/mol. The summed E-state index contributed by atoms with van der Waals surface area (Å²) in [5.74, 6) is 0.603. The van der Waals surface area contributed by atoms with Crippen molar-refractivity contribution in [1.82, 2.24) is 13.3 Å². The highest BCUT2D eigenvalue weighted by Crippen LogP contribution is 2.40. The first-order chi connectivity index (χ1) is 16.6. The predicted octanol–water partition coefficient (Wildman–Crippen LogP) is 5.39. The van der Waals surface area contributed by atoms with E-state index in [1.54, 1.807) is 0 Å². The molecule has 0 fully saturated rings. The van der Waals surface area contributed by atoms with Crippen molar-refractivity contribution < 1.29 is 19.4 Å². The van der Waals surface area contributed by atoms with Crippen molar-refractivity contribution >= 4 is 39.6 Å². The number of rotatable bonds is 6. The monoisotopic (exact) mass is 471 g/mol. The van der Waals surface area contributed by atoms with Gasteiger partial charge in [-0.25, -0.2) is 4.79 Å². The molecule has 5 aromatic rings. The van der Waals surface area contributed by atoms with Crippen LogP contribution in [0.4, 0.5) is 0 Å². The van der Waals surface area contributed by atoms with E-state index < -0.39 is 5.97 Å². The van der Waals surface area contributed by atoms with Crippen molar-refractivity contribution in [2.45, 2.75) is 19.9 Å². The lowest BCUT2D eigenvalue weighted by Crippen LogP contribution is -2.10. The Hall–Kier alpha value is -3.91. The first-order valence-corrected chi connectivity index (χ1v) is 11.8. The summed E-state index contributed by atoms with van der Waals surface area (Å²) in [6.45, 7) is 3.51. The third kappa shape index (κ3) is 3.38. The molecule has 0 amide bonds. The van der Waals surface area contributed by atoms with Gasteiger partial charge in [0, 0.05) is 29.4 Å². The zero-order chi connectivity index (χ0) is 23.2. The quantitative estimate of drug-likeness (QED) is 0.357. The first kappa shape index (κ1) is 20.7. The van der Waals surface area contributed by atoms with E-state index in [2.05, 4.69) is 8.75 Å². The largest absolute Gasteiger partial charge is 0.494 e. The number of ether oxygens (including phenoxy) is 2. The summed E-state index contributed by atoms with van der Waals surface area (Å²) >= 11 is 1.17. The molecule has 3 aromatic carbocycles. The fourth-order valence-corrected chi connectivity index (χ4v) is 5.24. The Morgan fingerprint density at radius 3 is 2.85 bits per heavy atom. The summed E-state index contributed by atoms with van der Waals surface area (Å²) < 4.78 is 21.9. The normalized spacial score (nSPS) is 12.7. The second-order valence-electron chi connectivity index (χ2n) is 8.24. The van der Waals surface area contributed by atoms with E-state index >= 15 is 0 Å². The van der Waals surface area contributed by atoms with E-state index in [1.165, 1.54) is 11.7 Å². The standard InChI is InChI=1S/C26H21N3O4S/c1-2-32-18-5-7-22-19(13-18)24(17-4-8-23-16(12-17)9-10-33-23)25(26(30)31)29(22)14-15-3-6-20-21(11-15)28-34-27-20/h3-8,11-13H,2,9-10,14H2,1H3,(H,30,31). The van der Waals surface area contributed by atoms with Crippen molar-refractivity contribution in [2.75, 3.05) is 13.2 Å². The lowest BCUT2D eigenvalue weighted by Gasteiger charge is -2.10. The Balaban J connectivity index is 1.59. The van der Waals surface area contributed by atoms with Crippen molar-refractivity contribution in [2.24, 2.45) is 0 Å². The van der Waals surface area contributed by atoms with Crippen LogP contribution in [-0.4, -0.2) is 37.6 Å². The van der Waals surface area contributed by atoms with Crippen LogP contribution in [0.2, 0.25) is 0 Å². The number of hydrogen-bond donors (Lipinski definition) is 1. The highest BCUT2D eigenvalue weighted by atomic mass is 32.1. The number of hydrogen-bond acceptors (Lipinski definition) is 6.